The van der Waals surface area contributed by atoms with Gasteiger partial charge in [-0.15, -0.1) is 0 Å². The number of nitrogens with one attached hydrogen (secondary N) is 1. The first-order valence-electron chi connectivity index (χ1n) is 6.85. The number of aromatic nitrogens is 2. The number of hydrogen-bond donors (Lipinski definition) is 3. The van der Waals surface area contributed by atoms with Crippen molar-refractivity contribution in [1.29, 1.82) is 0 Å². The molecule has 6 nitrogen and oxygen atoms in total. The van der Waals surface area contributed by atoms with Crippen molar-refractivity contribution >= 4 is 17.3 Å². The highest BCUT2D eigenvalue weighted by atomic mass is 16.4. The molecule has 0 atom stereocenters. The van der Waals surface area contributed by atoms with Gasteiger partial charge in [0.25, 0.3) is 0 Å². The molecule has 6 heteroatoms. The van der Waals surface area contributed by atoms with Gasteiger partial charge in [0.15, 0.2) is 0 Å². The zero-order chi connectivity index (χ0) is 15.4. The molecule has 4 N–H and O–H groups in total. The summed E-state index contributed by atoms with van der Waals surface area (Å²) in [7, 11) is 0. The lowest BCUT2D eigenvalue weighted by atomic mass is 10.1. The molecule has 0 amide bonds. The van der Waals surface area contributed by atoms with Crippen LogP contribution in [-0.4, -0.2) is 27.4 Å². The monoisotopic (exact) mass is 288 g/mol. The second-order valence-corrected chi connectivity index (χ2v) is 5.00. The van der Waals surface area contributed by atoms with E-state index in [4.69, 9.17) is 10.8 Å². The lowest BCUT2D eigenvalue weighted by Crippen LogP contribution is -2.11. The Balaban J connectivity index is 1.91. The molecular weight excluding hydrogens is 268 g/mol. The van der Waals surface area contributed by atoms with Gasteiger partial charge in [-0.1, -0.05) is 6.07 Å². The number of nitrogens with zero attached hydrogens (tertiary/aromatic N) is 2. The minimum Gasteiger partial charge on any atom is -0.478 e. The number of benzene rings is 1. The Morgan fingerprint density at radius 1 is 1.43 bits per heavy atom. The molecule has 1 aromatic heterocycles. The van der Waals surface area contributed by atoms with Crippen molar-refractivity contribution in [3.8, 4) is 0 Å². The standard InChI is InChI=1S/C15H20N4O2/c1-10-9-11(2)19(18-10)8-4-7-17-13-6-3-5-12(14(13)16)15(20)21/h3,5-6,9,17H,4,7-8,16H2,1-2H3,(H,20,21). The smallest absolute Gasteiger partial charge is 0.337 e. The van der Waals surface area contributed by atoms with Crippen molar-refractivity contribution in [2.45, 2.75) is 26.8 Å². The molecule has 0 aliphatic heterocycles. The van der Waals surface area contributed by atoms with Gasteiger partial charge in [-0.05, 0) is 38.5 Å². The molecule has 0 bridgehead atoms. The average molecular weight is 288 g/mol. The maximum absolute atomic E-state index is 11.0. The van der Waals surface area contributed by atoms with Gasteiger partial charge in [-0.25, -0.2) is 4.79 Å². The summed E-state index contributed by atoms with van der Waals surface area (Å²) in [6.45, 7) is 5.51. The number of carboxylic acids is 1. The first kappa shape index (κ1) is 14.9. The van der Waals surface area contributed by atoms with Crippen LogP contribution in [0.3, 0.4) is 0 Å². The first-order valence-corrected chi connectivity index (χ1v) is 6.85. The Bertz CT molecular complexity index is 649. The fourth-order valence-corrected chi connectivity index (χ4v) is 2.26. The molecule has 2 rings (SSSR count). The van der Waals surface area contributed by atoms with Crippen LogP contribution >= 0.6 is 0 Å². The summed E-state index contributed by atoms with van der Waals surface area (Å²) in [5.41, 5.74) is 9.05. The summed E-state index contributed by atoms with van der Waals surface area (Å²) >= 11 is 0. The number of aromatic carboxylic acids is 1. The van der Waals surface area contributed by atoms with Crippen molar-refractivity contribution in [2.24, 2.45) is 0 Å². The van der Waals surface area contributed by atoms with Crippen LogP contribution in [0.4, 0.5) is 11.4 Å². The molecule has 0 fully saturated rings. The Kier molecular flexibility index (Phi) is 4.47. The first-order chi connectivity index (χ1) is 9.99. The van der Waals surface area contributed by atoms with E-state index in [1.54, 1.807) is 12.1 Å². The van der Waals surface area contributed by atoms with Crippen LogP contribution in [0, 0.1) is 13.8 Å². The summed E-state index contributed by atoms with van der Waals surface area (Å²) in [6, 6.07) is 7.01. The van der Waals surface area contributed by atoms with Crippen LogP contribution in [-0.2, 0) is 6.54 Å². The number of rotatable bonds is 6. The minimum absolute atomic E-state index is 0.124. The highest BCUT2D eigenvalue weighted by Crippen LogP contribution is 2.22. The lowest BCUT2D eigenvalue weighted by Gasteiger charge is -2.11. The third kappa shape index (κ3) is 3.53. The minimum atomic E-state index is -1.02. The van der Waals surface area contributed by atoms with Crippen LogP contribution in [0.1, 0.15) is 28.2 Å². The number of aryl methyl sites for hydroxylation is 3. The third-order valence-corrected chi connectivity index (χ3v) is 3.30. The van der Waals surface area contributed by atoms with Gasteiger partial charge in [0, 0.05) is 18.8 Å². The zero-order valence-electron chi connectivity index (χ0n) is 12.3. The predicted molar refractivity (Wildman–Crippen MR) is 82.6 cm³/mol. The number of anilines is 2. The largest absolute Gasteiger partial charge is 0.478 e. The Morgan fingerprint density at radius 3 is 2.81 bits per heavy atom. The van der Waals surface area contributed by atoms with Crippen LogP contribution < -0.4 is 11.1 Å². The Hall–Kier alpha value is -2.50. The average Bonchev–Trinajstić information content (AvgIpc) is 2.74. The molecule has 21 heavy (non-hydrogen) atoms. The number of hydrogen-bond acceptors (Lipinski definition) is 4. The van der Waals surface area contributed by atoms with E-state index in [1.807, 2.05) is 24.6 Å². The second kappa shape index (κ2) is 6.30. The van der Waals surface area contributed by atoms with Crippen molar-refractivity contribution in [1.82, 2.24) is 9.78 Å². The van der Waals surface area contributed by atoms with E-state index in [1.165, 1.54) is 6.07 Å². The van der Waals surface area contributed by atoms with E-state index in [9.17, 15) is 4.79 Å². The predicted octanol–water partition coefficient (Wildman–Crippen LogP) is 2.28. The highest BCUT2D eigenvalue weighted by molar-refractivity contribution is 5.97. The molecule has 0 radical (unpaired) electrons. The Morgan fingerprint density at radius 2 is 2.19 bits per heavy atom. The van der Waals surface area contributed by atoms with Crippen molar-refractivity contribution in [2.75, 3.05) is 17.6 Å². The number of carbonyl (C=O) groups is 1. The maximum atomic E-state index is 11.0. The number of nitrogens with two attached hydrogens (primary N) is 1. The van der Waals surface area contributed by atoms with Crippen LogP contribution in [0.15, 0.2) is 24.3 Å². The van der Waals surface area contributed by atoms with Crippen molar-refractivity contribution < 1.29 is 9.90 Å². The SMILES string of the molecule is Cc1cc(C)n(CCCNc2cccc(C(=O)O)c2N)n1. The van der Waals surface area contributed by atoms with Crippen molar-refractivity contribution in [3.05, 3.63) is 41.2 Å². The van der Waals surface area contributed by atoms with Gasteiger partial charge in [0.2, 0.25) is 0 Å². The van der Waals surface area contributed by atoms with Crippen molar-refractivity contribution in [3.63, 3.8) is 0 Å². The molecule has 112 valence electrons. The molecule has 1 heterocycles. The fraction of sp³-hybridized carbons (Fsp3) is 0.333. The molecule has 1 aromatic carbocycles. The van der Waals surface area contributed by atoms with Gasteiger partial charge in [-0.2, -0.15) is 5.10 Å². The second-order valence-electron chi connectivity index (χ2n) is 5.00. The highest BCUT2D eigenvalue weighted by Gasteiger charge is 2.10. The van der Waals surface area contributed by atoms with E-state index in [0.717, 1.165) is 24.4 Å². The zero-order valence-corrected chi connectivity index (χ0v) is 12.3. The number of carboxylic acid groups (broad SMARTS) is 1. The van der Waals surface area contributed by atoms with Gasteiger partial charge in [-0.3, -0.25) is 4.68 Å². The molecule has 0 saturated carbocycles. The third-order valence-electron chi connectivity index (χ3n) is 3.30. The quantitative estimate of drug-likeness (QED) is 0.560. The van der Waals surface area contributed by atoms with E-state index >= 15 is 0 Å². The van der Waals surface area contributed by atoms with E-state index in [0.29, 0.717) is 12.2 Å². The Labute approximate surface area is 123 Å². The molecular formula is C15H20N4O2. The summed E-state index contributed by atoms with van der Waals surface area (Å²) in [6.07, 6.45) is 0.874. The molecule has 0 unspecified atom stereocenters. The summed E-state index contributed by atoms with van der Waals surface area (Å²) < 4.78 is 1.97. The summed E-state index contributed by atoms with van der Waals surface area (Å²) in [5, 5.41) is 16.6. The van der Waals surface area contributed by atoms with Gasteiger partial charge in [0.05, 0.1) is 22.6 Å². The van der Waals surface area contributed by atoms with E-state index < -0.39 is 5.97 Å². The van der Waals surface area contributed by atoms with Gasteiger partial charge < -0.3 is 16.2 Å². The van der Waals surface area contributed by atoms with E-state index in [-0.39, 0.29) is 11.3 Å². The van der Waals surface area contributed by atoms with Crippen LogP contribution in [0.5, 0.6) is 0 Å². The topological polar surface area (TPSA) is 93.2 Å². The normalized spacial score (nSPS) is 10.6. The van der Waals surface area contributed by atoms with Crippen LogP contribution in [0.25, 0.3) is 0 Å². The molecule has 0 aliphatic carbocycles. The van der Waals surface area contributed by atoms with E-state index in [2.05, 4.69) is 10.4 Å². The maximum Gasteiger partial charge on any atom is 0.337 e. The number of para-hydroxylation sites is 1. The molecule has 2 aromatic rings. The summed E-state index contributed by atoms with van der Waals surface area (Å²) in [4.78, 5) is 11.0. The lowest BCUT2D eigenvalue weighted by molar-refractivity contribution is 0.0698. The van der Waals surface area contributed by atoms with Gasteiger partial charge in [0.1, 0.15) is 0 Å². The van der Waals surface area contributed by atoms with Gasteiger partial charge >= 0.3 is 5.97 Å². The fourth-order valence-electron chi connectivity index (χ4n) is 2.26. The number of nitrogen functional groups attached to an aromatic ring is 1. The molecule has 0 aliphatic rings. The molecule has 0 saturated heterocycles. The van der Waals surface area contributed by atoms with Crippen LogP contribution in [0.2, 0.25) is 0 Å². The molecule has 0 spiro atoms. The summed E-state index contributed by atoms with van der Waals surface area (Å²) in [5.74, 6) is -1.02.